The Morgan fingerprint density at radius 2 is 1.95 bits per heavy atom. The fraction of sp³-hybridized carbons (Fsp3) is 0.385. The number of nitrogens with zero attached hydrogens (tertiary/aromatic N) is 3. The van der Waals surface area contributed by atoms with Crippen LogP contribution < -0.4 is 9.47 Å². The average Bonchev–Trinajstić information content (AvgIpc) is 2.90. The van der Waals surface area contributed by atoms with E-state index in [0.717, 1.165) is 0 Å². The Labute approximate surface area is 121 Å². The molecule has 0 fully saturated rings. The topological polar surface area (TPSA) is 94.3 Å². The van der Waals surface area contributed by atoms with Gasteiger partial charge in [0, 0.05) is 12.6 Å². The minimum Gasteiger partial charge on any atom is -0.493 e. The number of amides is 1. The molecule has 0 N–H and O–H groups in total. The van der Waals surface area contributed by atoms with Crippen LogP contribution in [0.15, 0.2) is 17.1 Å². The third-order valence-corrected chi connectivity index (χ3v) is 3.23. The summed E-state index contributed by atoms with van der Waals surface area (Å²) in [7, 11) is 2.78. The van der Waals surface area contributed by atoms with Crippen LogP contribution in [0, 0.1) is 10.1 Å². The summed E-state index contributed by atoms with van der Waals surface area (Å²) in [6, 6.07) is 2.51. The van der Waals surface area contributed by atoms with Crippen LogP contribution in [0.25, 0.3) is 0 Å². The molecule has 0 radical (unpaired) electrons. The fourth-order valence-corrected chi connectivity index (χ4v) is 2.14. The number of carbonyl (C=O) groups excluding carboxylic acids is 1. The summed E-state index contributed by atoms with van der Waals surface area (Å²) < 4.78 is 10.1. The number of methoxy groups -OCH3 is 2. The van der Waals surface area contributed by atoms with E-state index in [4.69, 9.17) is 9.47 Å². The normalized spacial score (nSPS) is 13.9. The summed E-state index contributed by atoms with van der Waals surface area (Å²) >= 11 is 0. The van der Waals surface area contributed by atoms with Gasteiger partial charge in [0.05, 0.1) is 31.8 Å². The molecule has 0 saturated heterocycles. The number of hydrogen-bond acceptors (Lipinski definition) is 6. The van der Waals surface area contributed by atoms with E-state index < -0.39 is 10.8 Å². The number of rotatable bonds is 4. The molecule has 1 aliphatic heterocycles. The summed E-state index contributed by atoms with van der Waals surface area (Å²) in [5.41, 5.74) is -0.369. The van der Waals surface area contributed by atoms with Gasteiger partial charge in [-0.3, -0.25) is 24.8 Å². The fourth-order valence-electron chi connectivity index (χ4n) is 2.14. The van der Waals surface area contributed by atoms with Gasteiger partial charge in [-0.1, -0.05) is 0 Å². The van der Waals surface area contributed by atoms with Crippen molar-refractivity contribution in [1.29, 1.82) is 0 Å². The molecule has 1 aromatic carbocycles. The predicted octanol–water partition coefficient (Wildman–Crippen LogP) is 1.49. The van der Waals surface area contributed by atoms with Crippen molar-refractivity contribution >= 4 is 17.4 Å². The summed E-state index contributed by atoms with van der Waals surface area (Å²) in [4.78, 5) is 28.6. The Morgan fingerprint density at radius 3 is 2.43 bits per heavy atom. The second-order valence-electron chi connectivity index (χ2n) is 4.37. The van der Waals surface area contributed by atoms with Gasteiger partial charge in [0.15, 0.2) is 11.5 Å². The first-order valence-electron chi connectivity index (χ1n) is 6.23. The Kier molecular flexibility index (Phi) is 4.06. The van der Waals surface area contributed by atoms with Crippen LogP contribution in [0.3, 0.4) is 0 Å². The molecular formula is C13H15N3O5. The summed E-state index contributed by atoms with van der Waals surface area (Å²) in [5, 5.41) is 11.2. The Bertz CT molecular complexity index is 626. The zero-order valence-corrected chi connectivity index (χ0v) is 12.0. The van der Waals surface area contributed by atoms with Gasteiger partial charge in [0.25, 0.3) is 11.6 Å². The van der Waals surface area contributed by atoms with E-state index in [9.17, 15) is 14.9 Å². The van der Waals surface area contributed by atoms with Gasteiger partial charge in [-0.2, -0.15) is 0 Å². The standard InChI is InChI=1S/C13H15N3O5/c1-8-14-4-5-15(8)13(17)9-6-11(20-2)12(21-3)7-10(9)16(18)19/h6-7H,4-5H2,1-3H3. The molecule has 1 aliphatic rings. The van der Waals surface area contributed by atoms with E-state index >= 15 is 0 Å². The van der Waals surface area contributed by atoms with Gasteiger partial charge in [0.2, 0.25) is 0 Å². The second kappa shape index (κ2) is 5.78. The Balaban J connectivity index is 2.53. The zero-order valence-electron chi connectivity index (χ0n) is 12.0. The van der Waals surface area contributed by atoms with Crippen LogP contribution >= 0.6 is 0 Å². The van der Waals surface area contributed by atoms with Gasteiger partial charge < -0.3 is 9.47 Å². The maximum Gasteiger partial charge on any atom is 0.286 e. The van der Waals surface area contributed by atoms with Gasteiger partial charge >= 0.3 is 0 Å². The van der Waals surface area contributed by atoms with Gasteiger partial charge in [-0.25, -0.2) is 0 Å². The highest BCUT2D eigenvalue weighted by Crippen LogP contribution is 2.35. The van der Waals surface area contributed by atoms with E-state index in [1.54, 1.807) is 6.92 Å². The lowest BCUT2D eigenvalue weighted by Gasteiger charge is -2.17. The number of nitro benzene ring substituents is 1. The molecule has 0 atom stereocenters. The van der Waals surface area contributed by atoms with Crippen molar-refractivity contribution in [1.82, 2.24) is 4.90 Å². The summed E-state index contributed by atoms with van der Waals surface area (Å²) in [6.07, 6.45) is 0. The molecule has 8 heteroatoms. The van der Waals surface area contributed by atoms with Crippen molar-refractivity contribution in [2.24, 2.45) is 4.99 Å². The van der Waals surface area contributed by atoms with E-state index in [1.807, 2.05) is 0 Å². The molecule has 1 amide bonds. The van der Waals surface area contributed by atoms with Crippen molar-refractivity contribution in [2.75, 3.05) is 27.3 Å². The van der Waals surface area contributed by atoms with Crippen molar-refractivity contribution < 1.29 is 19.2 Å². The van der Waals surface area contributed by atoms with Crippen molar-refractivity contribution in [3.8, 4) is 11.5 Å². The third kappa shape index (κ3) is 2.64. The molecule has 0 spiro atoms. The molecule has 112 valence electrons. The molecule has 1 heterocycles. The summed E-state index contributed by atoms with van der Waals surface area (Å²) in [5.74, 6) is 0.540. The minimum atomic E-state index is -0.613. The number of ether oxygens (including phenoxy) is 2. The largest absolute Gasteiger partial charge is 0.493 e. The quantitative estimate of drug-likeness (QED) is 0.619. The first-order valence-corrected chi connectivity index (χ1v) is 6.23. The van der Waals surface area contributed by atoms with Crippen LogP contribution in [0.4, 0.5) is 5.69 Å². The van der Waals surface area contributed by atoms with Crippen molar-refractivity contribution in [3.05, 3.63) is 27.8 Å². The van der Waals surface area contributed by atoms with Crippen LogP contribution in [-0.4, -0.2) is 48.9 Å². The van der Waals surface area contributed by atoms with E-state index in [1.165, 1.54) is 31.3 Å². The van der Waals surface area contributed by atoms with Gasteiger partial charge in [-0.15, -0.1) is 0 Å². The number of hydrogen-bond donors (Lipinski definition) is 0. The molecule has 0 saturated carbocycles. The maximum atomic E-state index is 12.5. The smallest absolute Gasteiger partial charge is 0.286 e. The van der Waals surface area contributed by atoms with E-state index in [-0.39, 0.29) is 22.7 Å². The zero-order chi connectivity index (χ0) is 15.6. The van der Waals surface area contributed by atoms with Gasteiger partial charge in [-0.05, 0) is 6.92 Å². The van der Waals surface area contributed by atoms with Crippen LogP contribution in [0.1, 0.15) is 17.3 Å². The van der Waals surface area contributed by atoms with Crippen molar-refractivity contribution in [2.45, 2.75) is 6.92 Å². The molecule has 0 unspecified atom stereocenters. The van der Waals surface area contributed by atoms with E-state index in [2.05, 4.69) is 4.99 Å². The highest BCUT2D eigenvalue weighted by molar-refractivity contribution is 6.08. The molecule has 21 heavy (non-hydrogen) atoms. The van der Waals surface area contributed by atoms with Crippen molar-refractivity contribution in [3.63, 3.8) is 0 Å². The second-order valence-corrected chi connectivity index (χ2v) is 4.37. The predicted molar refractivity (Wildman–Crippen MR) is 75.2 cm³/mol. The molecule has 1 aromatic rings. The highest BCUT2D eigenvalue weighted by Gasteiger charge is 2.30. The molecule has 0 aliphatic carbocycles. The number of nitro groups is 1. The first kappa shape index (κ1) is 14.8. The third-order valence-electron chi connectivity index (χ3n) is 3.23. The number of aliphatic imine (C=N–C) groups is 1. The Morgan fingerprint density at radius 1 is 1.33 bits per heavy atom. The maximum absolute atomic E-state index is 12.5. The summed E-state index contributed by atoms with van der Waals surface area (Å²) in [6.45, 7) is 2.60. The monoisotopic (exact) mass is 293 g/mol. The lowest BCUT2D eigenvalue weighted by atomic mass is 10.1. The van der Waals surface area contributed by atoms with Crippen LogP contribution in [0.5, 0.6) is 11.5 Å². The molecule has 0 aromatic heterocycles. The highest BCUT2D eigenvalue weighted by atomic mass is 16.6. The number of amidine groups is 1. The molecule has 2 rings (SSSR count). The Hall–Kier alpha value is -2.64. The SMILES string of the molecule is COc1cc(C(=O)N2CCN=C2C)c([N+](=O)[O-])cc1OC. The molecular weight excluding hydrogens is 278 g/mol. The first-order chi connectivity index (χ1) is 9.99. The van der Waals surface area contributed by atoms with Crippen LogP contribution in [-0.2, 0) is 0 Å². The lowest BCUT2D eigenvalue weighted by Crippen LogP contribution is -2.33. The van der Waals surface area contributed by atoms with E-state index in [0.29, 0.717) is 18.9 Å². The number of carbonyl (C=O) groups is 1. The lowest BCUT2D eigenvalue weighted by molar-refractivity contribution is -0.385. The molecule has 0 bridgehead atoms. The molecule has 8 nitrogen and oxygen atoms in total. The van der Waals surface area contributed by atoms with Crippen LogP contribution in [0.2, 0.25) is 0 Å². The van der Waals surface area contributed by atoms with Gasteiger partial charge in [0.1, 0.15) is 11.4 Å². The number of benzene rings is 1. The minimum absolute atomic E-state index is 0.0471. The average molecular weight is 293 g/mol.